The lowest BCUT2D eigenvalue weighted by atomic mass is 10.1. The molecule has 0 spiro atoms. The van der Waals surface area contributed by atoms with E-state index >= 15 is 0 Å². The summed E-state index contributed by atoms with van der Waals surface area (Å²) in [6, 6.07) is 21.3. The molecule has 1 aliphatic heterocycles. The average Bonchev–Trinajstić information content (AvgIpc) is 3.06. The van der Waals surface area contributed by atoms with Crippen LogP contribution in [0.25, 0.3) is 0 Å². The second kappa shape index (κ2) is 15.0. The van der Waals surface area contributed by atoms with E-state index in [-0.39, 0.29) is 22.5 Å². The number of benzene rings is 3. The second-order valence-corrected chi connectivity index (χ2v) is 10.7. The zero-order valence-electron chi connectivity index (χ0n) is 24.1. The Morgan fingerprint density at radius 2 is 1.57 bits per heavy atom. The third-order valence-corrected chi connectivity index (χ3v) is 7.45. The van der Waals surface area contributed by atoms with Gasteiger partial charge in [0.25, 0.3) is 5.91 Å². The van der Waals surface area contributed by atoms with Crippen molar-refractivity contribution in [3.05, 3.63) is 83.9 Å². The van der Waals surface area contributed by atoms with E-state index in [0.29, 0.717) is 13.1 Å². The van der Waals surface area contributed by atoms with Crippen LogP contribution in [0, 0.1) is 0 Å². The number of methoxy groups -OCH3 is 1. The Labute approximate surface area is 249 Å². The normalized spacial score (nSPS) is 16.0. The number of nitrogens with zero attached hydrogens (tertiary/aromatic N) is 2. The average molecular weight is 595 g/mol. The first-order valence-electron chi connectivity index (χ1n) is 13.1. The molecular weight excluding hydrogens is 560 g/mol. The molecule has 3 aromatic rings. The van der Waals surface area contributed by atoms with Crippen LogP contribution < -0.4 is 14.4 Å². The number of fused-ring (bicyclic) bond motifs is 1. The summed E-state index contributed by atoms with van der Waals surface area (Å²) < 4.78 is 15.5. The zero-order chi connectivity index (χ0) is 30.8. The number of rotatable bonds is 8. The molecule has 0 aliphatic carbocycles. The van der Waals surface area contributed by atoms with E-state index in [9.17, 15) is 19.2 Å². The van der Waals surface area contributed by atoms with Crippen molar-refractivity contribution in [1.82, 2.24) is 4.90 Å². The lowest BCUT2D eigenvalue weighted by molar-refractivity contribution is -0.152. The summed E-state index contributed by atoms with van der Waals surface area (Å²) in [7, 11) is 5.54. The molecule has 1 amide bonds. The zero-order valence-corrected chi connectivity index (χ0v) is 24.9. The van der Waals surface area contributed by atoms with Crippen molar-refractivity contribution in [1.29, 1.82) is 0 Å². The molecule has 0 bridgehead atoms. The maximum Gasteiger partial charge on any atom is 0.339 e. The molecule has 42 heavy (non-hydrogen) atoms. The molecule has 10 nitrogen and oxygen atoms in total. The van der Waals surface area contributed by atoms with Crippen LogP contribution in [0.5, 0.6) is 11.5 Å². The number of amides is 1. The third-order valence-electron chi connectivity index (χ3n) is 6.07. The van der Waals surface area contributed by atoms with E-state index in [2.05, 4.69) is 4.74 Å². The topological polar surface area (TPSA) is 123 Å². The van der Waals surface area contributed by atoms with Gasteiger partial charge in [-0.2, -0.15) is 0 Å². The molecule has 11 heteroatoms. The van der Waals surface area contributed by atoms with Crippen molar-refractivity contribution in [2.45, 2.75) is 30.1 Å². The predicted molar refractivity (Wildman–Crippen MR) is 159 cm³/mol. The van der Waals surface area contributed by atoms with Gasteiger partial charge in [0.2, 0.25) is 0 Å². The number of ether oxygens (including phenoxy) is 3. The first kappa shape index (κ1) is 32.2. The number of para-hydroxylation sites is 2. The van der Waals surface area contributed by atoms with E-state index < -0.39 is 24.0 Å². The highest BCUT2D eigenvalue weighted by atomic mass is 32.2. The number of thioether (sulfide) groups is 1. The third kappa shape index (κ3) is 8.58. The summed E-state index contributed by atoms with van der Waals surface area (Å²) in [5, 5.41) is 8.33. The molecule has 2 unspecified atom stereocenters. The summed E-state index contributed by atoms with van der Waals surface area (Å²) in [4.78, 5) is 51.3. The Hall–Kier alpha value is -4.35. The standard InChI is InChI=1S/C22H26N2O4S.C9H8O4/c1-15(25)28-20-21(16-9-11-17(27-4)12-10-16)29-19-8-6-5-7-18(19)24(22(20)26)14-13-23(2)3;1-6(10)13-8-5-3-2-4-7(8)9(11)12/h5-12,20-21H,13-14H2,1-4H3;2-5H,1H3,(H,11,12). The van der Waals surface area contributed by atoms with Gasteiger partial charge < -0.3 is 29.1 Å². The van der Waals surface area contributed by atoms with E-state index in [1.54, 1.807) is 35.9 Å². The van der Waals surface area contributed by atoms with Crippen molar-refractivity contribution in [3.63, 3.8) is 0 Å². The van der Waals surface area contributed by atoms with Gasteiger partial charge in [0.05, 0.1) is 18.0 Å². The second-order valence-electron chi connectivity index (χ2n) is 9.50. The molecule has 222 valence electrons. The molecule has 2 atom stereocenters. The number of carbonyl (C=O) groups is 4. The molecule has 0 radical (unpaired) electrons. The van der Waals surface area contributed by atoms with Gasteiger partial charge in [-0.1, -0.05) is 36.4 Å². The lowest BCUT2D eigenvalue weighted by Crippen LogP contribution is -2.45. The fraction of sp³-hybridized carbons (Fsp3) is 0.290. The number of esters is 2. The van der Waals surface area contributed by atoms with Crippen molar-refractivity contribution in [2.75, 3.05) is 39.2 Å². The number of aromatic carboxylic acids is 1. The molecule has 0 aromatic heterocycles. The van der Waals surface area contributed by atoms with Gasteiger partial charge in [0.1, 0.15) is 17.1 Å². The monoisotopic (exact) mass is 594 g/mol. The van der Waals surface area contributed by atoms with Crippen LogP contribution >= 0.6 is 11.8 Å². The van der Waals surface area contributed by atoms with Gasteiger partial charge in [-0.3, -0.25) is 14.4 Å². The molecule has 1 N–H and O–H groups in total. The van der Waals surface area contributed by atoms with Crippen LogP contribution in [0.3, 0.4) is 0 Å². The van der Waals surface area contributed by atoms with Crippen molar-refractivity contribution in [3.8, 4) is 11.5 Å². The Balaban J connectivity index is 0.000000312. The molecular formula is C31H34N2O8S. The fourth-order valence-electron chi connectivity index (χ4n) is 4.13. The highest BCUT2D eigenvalue weighted by molar-refractivity contribution is 7.99. The van der Waals surface area contributed by atoms with E-state index in [1.807, 2.05) is 67.5 Å². The van der Waals surface area contributed by atoms with Gasteiger partial charge in [0, 0.05) is 31.8 Å². The van der Waals surface area contributed by atoms with E-state index in [4.69, 9.17) is 14.6 Å². The van der Waals surface area contributed by atoms with E-state index in [1.165, 1.54) is 26.0 Å². The maximum atomic E-state index is 13.6. The summed E-state index contributed by atoms with van der Waals surface area (Å²) in [5.74, 6) is -1.52. The van der Waals surface area contributed by atoms with Crippen molar-refractivity contribution < 1.29 is 38.5 Å². The lowest BCUT2D eigenvalue weighted by Gasteiger charge is -2.28. The quantitative estimate of drug-likeness (QED) is 0.291. The number of hydrogen-bond donors (Lipinski definition) is 1. The van der Waals surface area contributed by atoms with Crippen LogP contribution in [-0.2, 0) is 19.1 Å². The minimum absolute atomic E-state index is 0.0160. The number of likely N-dealkylation sites (N-methyl/N-ethyl adjacent to an activating group) is 1. The Morgan fingerprint density at radius 3 is 2.17 bits per heavy atom. The molecule has 0 saturated carbocycles. The highest BCUT2D eigenvalue weighted by Crippen LogP contribution is 2.46. The van der Waals surface area contributed by atoms with Crippen LogP contribution in [0.1, 0.15) is 35.0 Å². The van der Waals surface area contributed by atoms with E-state index in [0.717, 1.165) is 21.9 Å². The largest absolute Gasteiger partial charge is 0.497 e. The SMILES string of the molecule is CC(=O)Oc1ccccc1C(=O)O.COc1ccc(C2Sc3ccccc3N(CCN(C)C)C(=O)C2OC(C)=O)cc1. The van der Waals surface area contributed by atoms with Crippen molar-refractivity contribution >= 4 is 41.3 Å². The first-order valence-corrected chi connectivity index (χ1v) is 13.9. The summed E-state index contributed by atoms with van der Waals surface area (Å²) in [6.45, 7) is 3.77. The van der Waals surface area contributed by atoms with Crippen LogP contribution in [0.2, 0.25) is 0 Å². The number of carbonyl (C=O) groups excluding carboxylic acids is 3. The summed E-state index contributed by atoms with van der Waals surface area (Å²) >= 11 is 1.54. The minimum Gasteiger partial charge on any atom is -0.497 e. The Morgan fingerprint density at radius 1 is 0.929 bits per heavy atom. The fourth-order valence-corrected chi connectivity index (χ4v) is 5.44. The molecule has 0 fully saturated rings. The predicted octanol–water partition coefficient (Wildman–Crippen LogP) is 4.68. The smallest absolute Gasteiger partial charge is 0.339 e. The Kier molecular flexibility index (Phi) is 11.5. The minimum atomic E-state index is -1.11. The summed E-state index contributed by atoms with van der Waals surface area (Å²) in [5.41, 5.74) is 1.73. The number of carboxylic acids is 1. The van der Waals surface area contributed by atoms with Gasteiger partial charge in [-0.25, -0.2) is 4.79 Å². The molecule has 0 saturated heterocycles. The van der Waals surface area contributed by atoms with Crippen LogP contribution in [0.4, 0.5) is 5.69 Å². The molecule has 1 heterocycles. The first-order chi connectivity index (χ1) is 20.0. The number of anilines is 1. The van der Waals surface area contributed by atoms with Crippen LogP contribution in [-0.4, -0.2) is 74.2 Å². The summed E-state index contributed by atoms with van der Waals surface area (Å²) in [6.07, 6.45) is -0.916. The van der Waals surface area contributed by atoms with Gasteiger partial charge in [-0.15, -0.1) is 11.8 Å². The highest BCUT2D eigenvalue weighted by Gasteiger charge is 2.40. The Bertz CT molecular complexity index is 1410. The maximum absolute atomic E-state index is 13.6. The molecule has 4 rings (SSSR count). The van der Waals surface area contributed by atoms with Gasteiger partial charge in [-0.05, 0) is 56.1 Å². The molecule has 3 aromatic carbocycles. The van der Waals surface area contributed by atoms with Crippen LogP contribution in [0.15, 0.2) is 77.7 Å². The van der Waals surface area contributed by atoms with Gasteiger partial charge >= 0.3 is 17.9 Å². The van der Waals surface area contributed by atoms with Gasteiger partial charge in [0.15, 0.2) is 6.10 Å². The number of hydrogen-bond acceptors (Lipinski definition) is 9. The number of carboxylic acid groups (broad SMARTS) is 1. The van der Waals surface area contributed by atoms with Crippen molar-refractivity contribution in [2.24, 2.45) is 0 Å². The molecule has 1 aliphatic rings.